The smallest absolute Gasteiger partial charge is 0.376 e. The van der Waals surface area contributed by atoms with Crippen LogP contribution >= 0.6 is 0 Å². The minimum absolute atomic E-state index is 0.0818. The number of hydrogen-bond acceptors (Lipinski definition) is 5. The molecule has 0 radical (unpaired) electrons. The molecule has 31 heavy (non-hydrogen) atoms. The van der Waals surface area contributed by atoms with Gasteiger partial charge in [-0.3, -0.25) is 4.79 Å². The summed E-state index contributed by atoms with van der Waals surface area (Å²) in [5.74, 6) is -0.118. The number of carbonyl (C=O) groups is 1. The highest BCUT2D eigenvalue weighted by Crippen LogP contribution is 2.32. The third-order valence-corrected chi connectivity index (χ3v) is 5.44. The summed E-state index contributed by atoms with van der Waals surface area (Å²) >= 11 is 0. The van der Waals surface area contributed by atoms with Crippen molar-refractivity contribution in [3.05, 3.63) is 48.2 Å². The van der Waals surface area contributed by atoms with Gasteiger partial charge in [-0.05, 0) is 43.0 Å². The van der Waals surface area contributed by atoms with Crippen LogP contribution in [0.5, 0.6) is 0 Å². The fraction of sp³-hybridized carbons (Fsp3) is 0.381. The number of ketones is 1. The summed E-state index contributed by atoms with van der Waals surface area (Å²) in [7, 11) is 0. The first-order chi connectivity index (χ1) is 14.8. The van der Waals surface area contributed by atoms with Crippen molar-refractivity contribution in [3.8, 4) is 0 Å². The maximum Gasteiger partial charge on any atom is 0.416 e. The van der Waals surface area contributed by atoms with E-state index in [-0.39, 0.29) is 30.4 Å². The minimum atomic E-state index is -4.58. The van der Waals surface area contributed by atoms with E-state index in [1.807, 2.05) is 6.07 Å². The maximum absolute atomic E-state index is 13.8. The number of alkyl halides is 3. The lowest BCUT2D eigenvalue weighted by Crippen LogP contribution is -2.37. The zero-order valence-electron chi connectivity index (χ0n) is 16.5. The van der Waals surface area contributed by atoms with Gasteiger partial charge < -0.3 is 15.2 Å². The van der Waals surface area contributed by atoms with Crippen molar-refractivity contribution in [2.45, 2.75) is 25.4 Å². The zero-order chi connectivity index (χ0) is 22.0. The first-order valence-electron chi connectivity index (χ1n) is 9.96. The van der Waals surface area contributed by atoms with Gasteiger partial charge in [-0.2, -0.15) is 13.2 Å². The fourth-order valence-electron chi connectivity index (χ4n) is 3.96. The van der Waals surface area contributed by atoms with E-state index in [0.717, 1.165) is 42.3 Å². The normalized spacial score (nSPS) is 17.2. The molecule has 0 amide bonds. The Morgan fingerprint density at radius 2 is 2.10 bits per heavy atom. The summed E-state index contributed by atoms with van der Waals surface area (Å²) in [4.78, 5) is 26.2. The molecule has 6 nitrogen and oxygen atoms in total. The minimum Gasteiger partial charge on any atom is -0.376 e. The molecule has 1 aliphatic rings. The van der Waals surface area contributed by atoms with E-state index in [9.17, 15) is 22.4 Å². The monoisotopic (exact) mass is 435 g/mol. The summed E-state index contributed by atoms with van der Waals surface area (Å²) in [6.45, 7) is 1.22. The third kappa shape index (κ3) is 4.78. The van der Waals surface area contributed by atoms with Crippen LogP contribution in [0.3, 0.4) is 0 Å². The number of carbonyl (C=O) groups excluding carboxylic acids is 1. The highest BCUT2D eigenvalue weighted by atomic mass is 19.4. The van der Waals surface area contributed by atoms with Crippen LogP contribution < -0.4 is 10.2 Å². The lowest BCUT2D eigenvalue weighted by atomic mass is 9.92. The van der Waals surface area contributed by atoms with Gasteiger partial charge in [-0.15, -0.1) is 0 Å². The average molecular weight is 435 g/mol. The number of fused-ring (bicyclic) bond motifs is 1. The average Bonchev–Trinajstić information content (AvgIpc) is 3.21. The number of piperidine rings is 1. The molecule has 1 fully saturated rings. The van der Waals surface area contributed by atoms with Gasteiger partial charge in [0.15, 0.2) is 5.78 Å². The van der Waals surface area contributed by atoms with Gasteiger partial charge in [0, 0.05) is 25.7 Å². The maximum atomic E-state index is 13.8. The van der Waals surface area contributed by atoms with E-state index in [0.29, 0.717) is 18.7 Å². The third-order valence-electron chi connectivity index (χ3n) is 5.44. The van der Waals surface area contributed by atoms with Gasteiger partial charge in [-0.1, -0.05) is 0 Å². The van der Waals surface area contributed by atoms with Crippen molar-refractivity contribution in [1.82, 2.24) is 15.0 Å². The van der Waals surface area contributed by atoms with E-state index >= 15 is 0 Å². The number of hydrogen-bond donors (Lipinski definition) is 2. The van der Waals surface area contributed by atoms with Gasteiger partial charge in [0.05, 0.1) is 23.2 Å². The number of benzene rings is 1. The second-order valence-corrected chi connectivity index (χ2v) is 7.68. The molecule has 1 atom stereocenters. The van der Waals surface area contributed by atoms with E-state index in [4.69, 9.17) is 0 Å². The Balaban J connectivity index is 1.36. The van der Waals surface area contributed by atoms with Crippen LogP contribution in [0.2, 0.25) is 0 Å². The molecule has 0 bridgehead atoms. The molecule has 4 rings (SSSR count). The first kappa shape index (κ1) is 21.1. The molecule has 1 aliphatic heterocycles. The predicted molar refractivity (Wildman–Crippen MR) is 108 cm³/mol. The van der Waals surface area contributed by atoms with Crippen LogP contribution in [0.4, 0.5) is 29.1 Å². The second kappa shape index (κ2) is 8.52. The zero-order valence-corrected chi connectivity index (χ0v) is 16.5. The van der Waals surface area contributed by atoms with Crippen molar-refractivity contribution in [1.29, 1.82) is 0 Å². The number of aromatic nitrogens is 3. The number of nitrogens with one attached hydrogen (secondary N) is 2. The van der Waals surface area contributed by atoms with Gasteiger partial charge >= 0.3 is 6.18 Å². The largest absolute Gasteiger partial charge is 0.416 e. The molecule has 0 aliphatic carbocycles. The van der Waals surface area contributed by atoms with Crippen LogP contribution in [0.1, 0.15) is 24.8 Å². The van der Waals surface area contributed by atoms with E-state index in [2.05, 4.69) is 25.2 Å². The number of Topliss-reactive ketones (excluding diaryl/α,β-unsaturated/α-hetero) is 1. The molecule has 1 aromatic carbocycles. The summed E-state index contributed by atoms with van der Waals surface area (Å²) < 4.78 is 52.3. The first-order valence-corrected chi connectivity index (χ1v) is 9.96. The van der Waals surface area contributed by atoms with Gasteiger partial charge in [0.25, 0.3) is 0 Å². The molecule has 10 heteroatoms. The molecule has 1 unspecified atom stereocenters. The molecule has 164 valence electrons. The van der Waals surface area contributed by atoms with Crippen LogP contribution in [0, 0.1) is 11.7 Å². The van der Waals surface area contributed by atoms with Crippen LogP contribution in [0.15, 0.2) is 36.8 Å². The highest BCUT2D eigenvalue weighted by molar-refractivity contribution is 5.87. The van der Waals surface area contributed by atoms with Crippen molar-refractivity contribution in [2.24, 2.45) is 5.92 Å². The van der Waals surface area contributed by atoms with Crippen LogP contribution in [0.25, 0.3) is 11.0 Å². The molecule has 3 heterocycles. The molecule has 2 aromatic heterocycles. The van der Waals surface area contributed by atoms with Crippen molar-refractivity contribution in [3.63, 3.8) is 0 Å². The van der Waals surface area contributed by atoms with Crippen LogP contribution in [-0.2, 0) is 11.0 Å². The molecule has 3 aromatic rings. The van der Waals surface area contributed by atoms with Crippen LogP contribution in [-0.4, -0.2) is 40.4 Å². The SMILES string of the molecule is O=C(CNc1cc(C(F)(F)F)ccc1F)CC1CCCN(c2ncnc3[nH]ccc23)C1. The standard InChI is InChI=1S/C21H21F4N5O/c22-17-4-3-14(21(23,24)25)9-18(17)27-10-15(31)8-13-2-1-7-30(11-13)20-16-5-6-26-19(16)28-12-29-20/h3-6,9,12-13,27H,1-2,7-8,10-11H2,(H,26,28,29). The highest BCUT2D eigenvalue weighted by Gasteiger charge is 2.31. The summed E-state index contributed by atoms with van der Waals surface area (Å²) in [6.07, 6.45) is 0.727. The fourth-order valence-corrected chi connectivity index (χ4v) is 3.96. The van der Waals surface area contributed by atoms with E-state index in [1.165, 1.54) is 6.33 Å². The Bertz CT molecular complexity index is 1080. The Hall–Kier alpha value is -3.17. The van der Waals surface area contributed by atoms with E-state index in [1.54, 1.807) is 6.20 Å². The van der Waals surface area contributed by atoms with Gasteiger partial charge in [0.2, 0.25) is 0 Å². The summed E-state index contributed by atoms with van der Waals surface area (Å²) in [5.41, 5.74) is -0.549. The Kier molecular flexibility index (Phi) is 5.79. The van der Waals surface area contributed by atoms with Gasteiger partial charge in [0.1, 0.15) is 23.6 Å². The van der Waals surface area contributed by atoms with Crippen molar-refractivity contribution >= 4 is 28.3 Å². The molecule has 0 spiro atoms. The summed E-state index contributed by atoms with van der Waals surface area (Å²) in [5, 5.41) is 3.43. The number of halogens is 4. The molecular weight excluding hydrogens is 414 g/mol. The predicted octanol–water partition coefficient (Wildman–Crippen LogP) is 4.40. The Morgan fingerprint density at radius 1 is 1.26 bits per heavy atom. The number of nitrogens with zero attached hydrogens (tertiary/aromatic N) is 3. The Labute approximate surface area is 175 Å². The second-order valence-electron chi connectivity index (χ2n) is 7.68. The molecule has 2 N–H and O–H groups in total. The summed E-state index contributed by atoms with van der Waals surface area (Å²) in [6, 6.07) is 4.01. The number of anilines is 2. The van der Waals surface area contributed by atoms with Crippen molar-refractivity contribution in [2.75, 3.05) is 29.9 Å². The molecule has 1 saturated heterocycles. The lowest BCUT2D eigenvalue weighted by Gasteiger charge is -2.33. The van der Waals surface area contributed by atoms with E-state index < -0.39 is 17.6 Å². The molecule has 0 saturated carbocycles. The topological polar surface area (TPSA) is 73.9 Å². The van der Waals surface area contributed by atoms with Crippen molar-refractivity contribution < 1.29 is 22.4 Å². The van der Waals surface area contributed by atoms with Gasteiger partial charge in [-0.25, -0.2) is 14.4 Å². The Morgan fingerprint density at radius 3 is 2.90 bits per heavy atom. The quantitative estimate of drug-likeness (QED) is 0.562. The molecular formula is C21H21F4N5O. The lowest BCUT2D eigenvalue weighted by molar-refractivity contribution is -0.137. The number of rotatable bonds is 6. The number of aromatic amines is 1. The number of H-pyrrole nitrogens is 1.